The zero-order valence-electron chi connectivity index (χ0n) is 48.2. The molecule has 0 aromatic rings. The largest absolute Gasteiger partial charge is 0.466 e. The highest BCUT2D eigenvalue weighted by atomic mass is 16.5. The maximum absolute atomic E-state index is 12.5. The standard InChI is InChI=1S/C65H127NO5/c1-3-5-7-9-11-13-15-16-35-39-43-47-51-55-59-65(70)71-60-56-52-48-44-40-36-33-31-29-27-25-23-21-19-17-18-20-22-24-26-28-30-32-34-38-42-46-50-54-58-64(69)66-62(61-67)63(68)57-53-49-45-41-37-14-12-10-8-6-4-2/h15-16,62-63,67-68H,3-14,17-61H2,1-2H3,(H,66,69)/b16-15-. The minimum absolute atomic E-state index is 0.0114. The van der Waals surface area contributed by atoms with Crippen LogP contribution in [0.15, 0.2) is 12.2 Å². The van der Waals surface area contributed by atoms with Crippen LogP contribution in [0.2, 0.25) is 0 Å². The molecule has 0 saturated heterocycles. The molecule has 0 fully saturated rings. The number of aliphatic hydroxyl groups excluding tert-OH is 2. The first kappa shape index (κ1) is 69.6. The summed E-state index contributed by atoms with van der Waals surface area (Å²) >= 11 is 0. The van der Waals surface area contributed by atoms with E-state index in [1.54, 1.807) is 0 Å². The second-order valence-electron chi connectivity index (χ2n) is 22.5. The lowest BCUT2D eigenvalue weighted by Crippen LogP contribution is -2.45. The molecule has 6 nitrogen and oxygen atoms in total. The van der Waals surface area contributed by atoms with Crippen LogP contribution < -0.4 is 5.32 Å². The van der Waals surface area contributed by atoms with Crippen LogP contribution in [0, 0.1) is 0 Å². The van der Waals surface area contributed by atoms with Crippen molar-refractivity contribution < 1.29 is 24.5 Å². The van der Waals surface area contributed by atoms with Gasteiger partial charge in [-0.3, -0.25) is 9.59 Å². The van der Waals surface area contributed by atoms with Gasteiger partial charge in [0, 0.05) is 12.8 Å². The molecule has 0 radical (unpaired) electrons. The van der Waals surface area contributed by atoms with E-state index in [1.165, 1.54) is 289 Å². The van der Waals surface area contributed by atoms with Crippen molar-refractivity contribution in [1.82, 2.24) is 5.32 Å². The molecule has 6 heteroatoms. The molecule has 422 valence electrons. The Bertz CT molecular complexity index is 1060. The summed E-state index contributed by atoms with van der Waals surface area (Å²) in [5.74, 6) is -0.0192. The summed E-state index contributed by atoms with van der Waals surface area (Å²) in [5, 5.41) is 23.2. The Morgan fingerprint density at radius 3 is 1.00 bits per heavy atom. The van der Waals surface area contributed by atoms with Crippen LogP contribution in [0.25, 0.3) is 0 Å². The number of aliphatic hydroxyl groups is 2. The molecule has 1 amide bonds. The topological polar surface area (TPSA) is 95.9 Å². The molecule has 3 N–H and O–H groups in total. The molecular formula is C65H127NO5. The van der Waals surface area contributed by atoms with Gasteiger partial charge >= 0.3 is 5.97 Å². The number of hydrogen-bond donors (Lipinski definition) is 3. The van der Waals surface area contributed by atoms with Gasteiger partial charge in [0.15, 0.2) is 0 Å². The highest BCUT2D eigenvalue weighted by molar-refractivity contribution is 5.76. The van der Waals surface area contributed by atoms with Gasteiger partial charge in [0.25, 0.3) is 0 Å². The fraction of sp³-hybridized carbons (Fsp3) is 0.938. The summed E-state index contributed by atoms with van der Waals surface area (Å²) in [7, 11) is 0. The number of esters is 1. The Labute approximate surface area is 444 Å². The highest BCUT2D eigenvalue weighted by Gasteiger charge is 2.20. The summed E-state index contributed by atoms with van der Waals surface area (Å²) in [6.07, 6.45) is 73.9. The molecular weight excluding hydrogens is 875 g/mol. The number of hydrogen-bond acceptors (Lipinski definition) is 5. The van der Waals surface area contributed by atoms with E-state index in [4.69, 9.17) is 4.74 Å². The van der Waals surface area contributed by atoms with Gasteiger partial charge in [0.2, 0.25) is 5.91 Å². The number of allylic oxidation sites excluding steroid dienone is 2. The molecule has 0 rings (SSSR count). The van der Waals surface area contributed by atoms with Crippen LogP contribution in [-0.2, 0) is 14.3 Å². The van der Waals surface area contributed by atoms with Crippen molar-refractivity contribution >= 4 is 11.9 Å². The Balaban J connectivity index is 3.31. The lowest BCUT2D eigenvalue weighted by molar-refractivity contribution is -0.143. The molecule has 0 aliphatic rings. The van der Waals surface area contributed by atoms with E-state index in [9.17, 15) is 19.8 Å². The summed E-state index contributed by atoms with van der Waals surface area (Å²) in [5.41, 5.74) is 0. The second-order valence-corrected chi connectivity index (χ2v) is 22.5. The minimum Gasteiger partial charge on any atom is -0.466 e. The van der Waals surface area contributed by atoms with Crippen molar-refractivity contribution in [1.29, 1.82) is 0 Å². The summed E-state index contributed by atoms with van der Waals surface area (Å²) in [6, 6.07) is -0.536. The maximum Gasteiger partial charge on any atom is 0.305 e. The van der Waals surface area contributed by atoms with Gasteiger partial charge < -0.3 is 20.3 Å². The van der Waals surface area contributed by atoms with Gasteiger partial charge in [-0.2, -0.15) is 0 Å². The number of rotatable bonds is 61. The number of ether oxygens (including phenoxy) is 1. The summed E-state index contributed by atoms with van der Waals surface area (Å²) in [6.45, 7) is 4.96. The molecule has 0 heterocycles. The minimum atomic E-state index is -0.659. The Morgan fingerprint density at radius 2 is 0.662 bits per heavy atom. The van der Waals surface area contributed by atoms with Crippen LogP contribution >= 0.6 is 0 Å². The first-order chi connectivity index (χ1) is 35.0. The van der Waals surface area contributed by atoms with Crippen molar-refractivity contribution in [3.05, 3.63) is 12.2 Å². The zero-order valence-corrected chi connectivity index (χ0v) is 48.2. The number of nitrogens with one attached hydrogen (secondary N) is 1. The van der Waals surface area contributed by atoms with Crippen molar-refractivity contribution in [2.75, 3.05) is 13.2 Å². The molecule has 2 atom stereocenters. The molecule has 0 saturated carbocycles. The van der Waals surface area contributed by atoms with E-state index in [0.717, 1.165) is 44.9 Å². The number of amides is 1. The maximum atomic E-state index is 12.5. The Kier molecular flexibility index (Phi) is 59.9. The van der Waals surface area contributed by atoms with Crippen LogP contribution in [0.5, 0.6) is 0 Å². The third-order valence-corrected chi connectivity index (χ3v) is 15.3. The average Bonchev–Trinajstić information content (AvgIpc) is 3.37. The predicted molar refractivity (Wildman–Crippen MR) is 310 cm³/mol. The smallest absolute Gasteiger partial charge is 0.305 e. The predicted octanol–water partition coefficient (Wildman–Crippen LogP) is 20.4. The Hall–Kier alpha value is -1.40. The van der Waals surface area contributed by atoms with Gasteiger partial charge in [-0.05, 0) is 51.4 Å². The normalized spacial score (nSPS) is 12.6. The number of carbonyl (C=O) groups is 2. The monoisotopic (exact) mass is 1000 g/mol. The third kappa shape index (κ3) is 57.7. The average molecular weight is 1000 g/mol. The van der Waals surface area contributed by atoms with Crippen molar-refractivity contribution in [3.8, 4) is 0 Å². The van der Waals surface area contributed by atoms with Crippen LogP contribution in [0.3, 0.4) is 0 Å². The summed E-state index contributed by atoms with van der Waals surface area (Å²) in [4.78, 5) is 24.5. The van der Waals surface area contributed by atoms with E-state index in [2.05, 4.69) is 31.3 Å². The highest BCUT2D eigenvalue weighted by Crippen LogP contribution is 2.19. The van der Waals surface area contributed by atoms with Crippen molar-refractivity contribution in [2.45, 2.75) is 379 Å². The molecule has 0 aromatic carbocycles. The van der Waals surface area contributed by atoms with Crippen LogP contribution in [-0.4, -0.2) is 47.4 Å². The quantitative estimate of drug-likeness (QED) is 0.0320. The lowest BCUT2D eigenvalue weighted by Gasteiger charge is -2.22. The van der Waals surface area contributed by atoms with Gasteiger partial charge in [0.1, 0.15) is 0 Å². The van der Waals surface area contributed by atoms with E-state index < -0.39 is 12.1 Å². The fourth-order valence-corrected chi connectivity index (χ4v) is 10.3. The molecule has 0 spiro atoms. The van der Waals surface area contributed by atoms with Gasteiger partial charge in [-0.25, -0.2) is 0 Å². The van der Waals surface area contributed by atoms with E-state index in [1.807, 2.05) is 0 Å². The number of carbonyl (C=O) groups excluding carboxylic acids is 2. The molecule has 0 aliphatic heterocycles. The van der Waals surface area contributed by atoms with Gasteiger partial charge in [-0.1, -0.05) is 315 Å². The first-order valence-electron chi connectivity index (χ1n) is 32.4. The fourth-order valence-electron chi connectivity index (χ4n) is 10.3. The van der Waals surface area contributed by atoms with Crippen LogP contribution in [0.4, 0.5) is 0 Å². The molecule has 0 aliphatic carbocycles. The second kappa shape index (κ2) is 61.1. The number of unbranched alkanes of at least 4 members (excludes halogenated alkanes) is 48. The Morgan fingerprint density at radius 1 is 0.380 bits per heavy atom. The molecule has 71 heavy (non-hydrogen) atoms. The van der Waals surface area contributed by atoms with E-state index in [-0.39, 0.29) is 18.5 Å². The van der Waals surface area contributed by atoms with Gasteiger partial charge in [0.05, 0.1) is 25.4 Å². The van der Waals surface area contributed by atoms with Gasteiger partial charge in [-0.15, -0.1) is 0 Å². The first-order valence-corrected chi connectivity index (χ1v) is 32.4. The molecule has 2 unspecified atom stereocenters. The zero-order chi connectivity index (χ0) is 51.4. The van der Waals surface area contributed by atoms with Crippen molar-refractivity contribution in [2.24, 2.45) is 0 Å². The SMILES string of the molecule is CCCCCCC/C=C\CCCCCCCC(=O)OCCCCCCCCCCCCCCCCCCCCCCCCCCCCCCCC(=O)NC(CO)C(O)CCCCCCCCCCCCC. The lowest BCUT2D eigenvalue weighted by atomic mass is 10.0. The molecule has 0 aromatic heterocycles. The van der Waals surface area contributed by atoms with E-state index >= 15 is 0 Å². The van der Waals surface area contributed by atoms with Crippen molar-refractivity contribution in [3.63, 3.8) is 0 Å². The third-order valence-electron chi connectivity index (χ3n) is 15.3. The molecule has 0 bridgehead atoms. The van der Waals surface area contributed by atoms with E-state index in [0.29, 0.717) is 25.9 Å². The summed E-state index contributed by atoms with van der Waals surface area (Å²) < 4.78 is 5.48. The van der Waals surface area contributed by atoms with Crippen LogP contribution in [0.1, 0.15) is 367 Å².